The molecule has 2 N–H and O–H groups in total. The van der Waals surface area contributed by atoms with Gasteiger partial charge in [0.05, 0.1) is 37.3 Å². The number of nitrogens with one attached hydrogen (secondary N) is 2. The van der Waals surface area contributed by atoms with Crippen molar-refractivity contribution in [1.29, 1.82) is 0 Å². The number of rotatable bonds is 3. The minimum Gasteiger partial charge on any atom is -0.376 e. The molecule has 1 amide bonds. The number of aromatic amines is 1. The van der Waals surface area contributed by atoms with Crippen molar-refractivity contribution in [3.05, 3.63) is 40.4 Å². The van der Waals surface area contributed by atoms with Crippen LogP contribution in [0.25, 0.3) is 10.9 Å². The van der Waals surface area contributed by atoms with Crippen molar-refractivity contribution < 1.29 is 14.3 Å². The standard InChI is InChI=1S/C14H15N3O4/c18-13-9-3-1-2-4-10(9)16-12(17-13)7-15-14(19)11-8-20-5-6-21-11/h1-4,11H,5-8H2,(H,15,19)(H,16,17,18)/t11-/m1/s1. The van der Waals surface area contributed by atoms with Crippen LogP contribution in [0.3, 0.4) is 0 Å². The van der Waals surface area contributed by atoms with Crippen LogP contribution in [0.2, 0.25) is 0 Å². The maximum atomic E-state index is 11.9. The van der Waals surface area contributed by atoms with Crippen LogP contribution < -0.4 is 10.9 Å². The van der Waals surface area contributed by atoms with E-state index in [4.69, 9.17) is 9.47 Å². The van der Waals surface area contributed by atoms with E-state index in [0.29, 0.717) is 29.9 Å². The Labute approximate surface area is 120 Å². The first-order valence-corrected chi connectivity index (χ1v) is 6.69. The minimum absolute atomic E-state index is 0.138. The number of nitrogens with zero attached hydrogens (tertiary/aromatic N) is 1. The largest absolute Gasteiger partial charge is 0.376 e. The van der Waals surface area contributed by atoms with Crippen LogP contribution in [-0.2, 0) is 20.8 Å². The summed E-state index contributed by atoms with van der Waals surface area (Å²) in [5, 5.41) is 3.21. The molecule has 1 saturated heterocycles. The summed E-state index contributed by atoms with van der Waals surface area (Å²) < 4.78 is 10.5. The van der Waals surface area contributed by atoms with Crippen molar-refractivity contribution in [3.63, 3.8) is 0 Å². The molecule has 2 heterocycles. The zero-order valence-corrected chi connectivity index (χ0v) is 11.3. The third-order valence-corrected chi connectivity index (χ3v) is 3.20. The van der Waals surface area contributed by atoms with Crippen LogP contribution in [0.5, 0.6) is 0 Å². The molecular formula is C14H15N3O4. The Morgan fingerprint density at radius 1 is 1.38 bits per heavy atom. The molecule has 2 aromatic rings. The van der Waals surface area contributed by atoms with E-state index in [0.717, 1.165) is 0 Å². The number of hydrogen-bond acceptors (Lipinski definition) is 5. The number of fused-ring (bicyclic) bond motifs is 1. The molecule has 0 aliphatic carbocycles. The smallest absolute Gasteiger partial charge is 0.258 e. The van der Waals surface area contributed by atoms with Gasteiger partial charge in [0, 0.05) is 0 Å². The molecule has 1 aromatic carbocycles. The van der Waals surface area contributed by atoms with Crippen molar-refractivity contribution >= 4 is 16.8 Å². The summed E-state index contributed by atoms with van der Waals surface area (Å²) in [6, 6.07) is 7.05. The molecule has 0 spiro atoms. The molecule has 7 nitrogen and oxygen atoms in total. The fourth-order valence-corrected chi connectivity index (χ4v) is 2.14. The average molecular weight is 289 g/mol. The Bertz CT molecular complexity index is 707. The molecule has 0 saturated carbocycles. The second-order valence-corrected chi connectivity index (χ2v) is 4.68. The average Bonchev–Trinajstić information content (AvgIpc) is 2.53. The highest BCUT2D eigenvalue weighted by Crippen LogP contribution is 2.06. The molecule has 3 rings (SSSR count). The van der Waals surface area contributed by atoms with Crippen LogP contribution in [0.1, 0.15) is 5.82 Å². The van der Waals surface area contributed by atoms with Gasteiger partial charge in [-0.25, -0.2) is 4.98 Å². The van der Waals surface area contributed by atoms with Gasteiger partial charge in [-0.15, -0.1) is 0 Å². The number of para-hydroxylation sites is 1. The number of amides is 1. The molecule has 0 bridgehead atoms. The Kier molecular flexibility index (Phi) is 3.94. The molecule has 1 fully saturated rings. The molecule has 7 heteroatoms. The van der Waals surface area contributed by atoms with Gasteiger partial charge in [-0.05, 0) is 12.1 Å². The lowest BCUT2D eigenvalue weighted by Crippen LogP contribution is -2.42. The first kappa shape index (κ1) is 13.7. The third kappa shape index (κ3) is 3.09. The van der Waals surface area contributed by atoms with Gasteiger partial charge in [0.2, 0.25) is 0 Å². The van der Waals surface area contributed by atoms with E-state index in [-0.39, 0.29) is 24.6 Å². The fraction of sp³-hybridized carbons (Fsp3) is 0.357. The van der Waals surface area contributed by atoms with Crippen LogP contribution in [0, 0.1) is 0 Å². The van der Waals surface area contributed by atoms with Gasteiger partial charge < -0.3 is 19.8 Å². The quantitative estimate of drug-likeness (QED) is 0.826. The molecule has 21 heavy (non-hydrogen) atoms. The predicted octanol–water partition coefficient (Wildman–Crippen LogP) is -0.0453. The van der Waals surface area contributed by atoms with Crippen LogP contribution in [0.4, 0.5) is 0 Å². The number of ether oxygens (including phenoxy) is 2. The van der Waals surface area contributed by atoms with E-state index >= 15 is 0 Å². The van der Waals surface area contributed by atoms with Crippen LogP contribution >= 0.6 is 0 Å². The van der Waals surface area contributed by atoms with Gasteiger partial charge in [0.25, 0.3) is 11.5 Å². The summed E-state index contributed by atoms with van der Waals surface area (Å²) in [6.07, 6.45) is -0.606. The Hall–Kier alpha value is -2.25. The number of carbonyl (C=O) groups is 1. The summed E-state index contributed by atoms with van der Waals surface area (Å²) in [5.74, 6) is 0.134. The summed E-state index contributed by atoms with van der Waals surface area (Å²) in [7, 11) is 0. The molecular weight excluding hydrogens is 274 g/mol. The normalized spacial score (nSPS) is 18.6. The topological polar surface area (TPSA) is 93.3 Å². The summed E-state index contributed by atoms with van der Waals surface area (Å²) in [4.78, 5) is 30.7. The van der Waals surface area contributed by atoms with E-state index in [9.17, 15) is 9.59 Å². The molecule has 0 radical (unpaired) electrons. The number of benzene rings is 1. The Balaban J connectivity index is 1.70. The van der Waals surface area contributed by atoms with Crippen molar-refractivity contribution in [2.45, 2.75) is 12.6 Å². The SMILES string of the molecule is O=C(NCc1nc2ccccc2c(=O)[nH]1)[C@H]1COCCO1. The second-order valence-electron chi connectivity index (χ2n) is 4.68. The zero-order valence-electron chi connectivity index (χ0n) is 11.3. The zero-order chi connectivity index (χ0) is 14.7. The number of carbonyl (C=O) groups excluding carboxylic acids is 1. The van der Waals surface area contributed by atoms with Crippen molar-refractivity contribution in [3.8, 4) is 0 Å². The van der Waals surface area contributed by atoms with Gasteiger partial charge in [-0.3, -0.25) is 9.59 Å². The van der Waals surface area contributed by atoms with Gasteiger partial charge in [0.1, 0.15) is 5.82 Å². The first-order valence-electron chi connectivity index (χ1n) is 6.69. The number of aromatic nitrogens is 2. The maximum absolute atomic E-state index is 11.9. The van der Waals surface area contributed by atoms with Crippen molar-refractivity contribution in [2.75, 3.05) is 19.8 Å². The number of hydrogen-bond donors (Lipinski definition) is 2. The van der Waals surface area contributed by atoms with Gasteiger partial charge in [-0.2, -0.15) is 0 Å². The summed E-state index contributed by atoms with van der Waals surface area (Å²) >= 11 is 0. The van der Waals surface area contributed by atoms with E-state index in [1.807, 2.05) is 6.07 Å². The molecule has 110 valence electrons. The first-order chi connectivity index (χ1) is 10.2. The highest BCUT2D eigenvalue weighted by molar-refractivity contribution is 5.81. The van der Waals surface area contributed by atoms with Crippen molar-refractivity contribution in [1.82, 2.24) is 15.3 Å². The summed E-state index contributed by atoms with van der Waals surface area (Å²) in [6.45, 7) is 1.29. The lowest BCUT2D eigenvalue weighted by molar-refractivity contribution is -0.147. The van der Waals surface area contributed by atoms with Gasteiger partial charge in [-0.1, -0.05) is 12.1 Å². The molecule has 0 unspecified atom stereocenters. The van der Waals surface area contributed by atoms with E-state index in [2.05, 4.69) is 15.3 Å². The van der Waals surface area contributed by atoms with Gasteiger partial charge >= 0.3 is 0 Å². The number of H-pyrrole nitrogens is 1. The molecule has 1 aromatic heterocycles. The minimum atomic E-state index is -0.606. The molecule has 1 atom stereocenters. The highest BCUT2D eigenvalue weighted by atomic mass is 16.6. The molecule has 1 aliphatic heterocycles. The fourth-order valence-electron chi connectivity index (χ4n) is 2.14. The lowest BCUT2D eigenvalue weighted by atomic mass is 10.2. The molecule has 1 aliphatic rings. The van der Waals surface area contributed by atoms with E-state index in [1.165, 1.54) is 0 Å². The van der Waals surface area contributed by atoms with E-state index < -0.39 is 6.10 Å². The monoisotopic (exact) mass is 289 g/mol. The van der Waals surface area contributed by atoms with Crippen LogP contribution in [-0.4, -0.2) is 41.8 Å². The Morgan fingerprint density at radius 3 is 3.05 bits per heavy atom. The highest BCUT2D eigenvalue weighted by Gasteiger charge is 2.22. The maximum Gasteiger partial charge on any atom is 0.258 e. The lowest BCUT2D eigenvalue weighted by Gasteiger charge is -2.21. The van der Waals surface area contributed by atoms with Crippen LogP contribution in [0.15, 0.2) is 29.1 Å². The second kappa shape index (κ2) is 6.02. The summed E-state index contributed by atoms with van der Waals surface area (Å²) in [5.41, 5.74) is 0.379. The van der Waals surface area contributed by atoms with Gasteiger partial charge in [0.15, 0.2) is 6.10 Å². The van der Waals surface area contributed by atoms with E-state index in [1.54, 1.807) is 18.2 Å². The van der Waals surface area contributed by atoms with Crippen molar-refractivity contribution in [2.24, 2.45) is 0 Å². The Morgan fingerprint density at radius 2 is 2.24 bits per heavy atom. The third-order valence-electron chi connectivity index (χ3n) is 3.20. The predicted molar refractivity (Wildman–Crippen MR) is 74.8 cm³/mol.